The summed E-state index contributed by atoms with van der Waals surface area (Å²) in [6, 6.07) is 24.7. The van der Waals surface area contributed by atoms with Crippen molar-refractivity contribution in [2.45, 2.75) is 19.6 Å². The van der Waals surface area contributed by atoms with Crippen molar-refractivity contribution in [2.75, 3.05) is 0 Å². The highest BCUT2D eigenvalue weighted by Gasteiger charge is 2.14. The molecule has 0 saturated carbocycles. The van der Waals surface area contributed by atoms with Crippen LogP contribution in [-0.2, 0) is 11.3 Å². The minimum absolute atomic E-state index is 0.0798. The van der Waals surface area contributed by atoms with Crippen LogP contribution in [0.15, 0.2) is 79.0 Å². The van der Waals surface area contributed by atoms with Gasteiger partial charge in [-0.3, -0.25) is 4.98 Å². The first-order chi connectivity index (χ1) is 10.8. The largest absolute Gasteiger partial charge is 0.362 e. The molecule has 0 aliphatic heterocycles. The van der Waals surface area contributed by atoms with Crippen LogP contribution in [0.3, 0.4) is 0 Å². The lowest BCUT2D eigenvalue weighted by molar-refractivity contribution is 0.0646. The van der Waals surface area contributed by atoms with Gasteiger partial charge < -0.3 is 4.74 Å². The smallest absolute Gasteiger partial charge is 0.108 e. The highest BCUT2D eigenvalue weighted by molar-refractivity contribution is 5.31. The second kappa shape index (κ2) is 7.01. The Morgan fingerprint density at radius 1 is 0.818 bits per heavy atom. The van der Waals surface area contributed by atoms with Crippen molar-refractivity contribution >= 4 is 0 Å². The Bertz CT molecular complexity index is 693. The molecule has 0 aliphatic carbocycles. The number of ether oxygens (including phenoxy) is 1. The molecule has 0 saturated heterocycles. The van der Waals surface area contributed by atoms with Gasteiger partial charge in [-0.1, -0.05) is 66.2 Å². The summed E-state index contributed by atoms with van der Waals surface area (Å²) in [4.78, 5) is 4.33. The fraction of sp³-hybridized carbons (Fsp3) is 0.150. The third-order valence-corrected chi connectivity index (χ3v) is 3.61. The van der Waals surface area contributed by atoms with Crippen LogP contribution in [0.5, 0.6) is 0 Å². The lowest BCUT2D eigenvalue weighted by Gasteiger charge is -2.19. The molecular weight excluding hydrogens is 270 g/mol. The number of benzene rings is 2. The molecule has 0 fully saturated rings. The summed E-state index contributed by atoms with van der Waals surface area (Å²) in [7, 11) is 0. The number of hydrogen-bond donors (Lipinski definition) is 0. The van der Waals surface area contributed by atoms with E-state index in [1.54, 1.807) is 6.20 Å². The lowest BCUT2D eigenvalue weighted by atomic mass is 10.0. The van der Waals surface area contributed by atoms with Gasteiger partial charge in [-0.15, -0.1) is 0 Å². The molecule has 1 atom stereocenters. The van der Waals surface area contributed by atoms with E-state index in [0.29, 0.717) is 6.61 Å². The van der Waals surface area contributed by atoms with E-state index in [1.165, 1.54) is 5.56 Å². The number of aryl methyl sites for hydroxylation is 1. The molecule has 0 bridgehead atoms. The molecule has 2 aromatic carbocycles. The molecular formula is C20H19NO. The molecule has 22 heavy (non-hydrogen) atoms. The Kier molecular flexibility index (Phi) is 4.62. The van der Waals surface area contributed by atoms with Crippen LogP contribution < -0.4 is 0 Å². The van der Waals surface area contributed by atoms with E-state index in [0.717, 1.165) is 16.8 Å². The predicted molar refractivity (Wildman–Crippen MR) is 88.5 cm³/mol. The molecule has 0 aliphatic rings. The second-order valence-electron chi connectivity index (χ2n) is 5.33. The molecule has 1 heterocycles. The van der Waals surface area contributed by atoms with E-state index < -0.39 is 0 Å². The topological polar surface area (TPSA) is 22.1 Å². The monoisotopic (exact) mass is 289 g/mol. The van der Waals surface area contributed by atoms with Crippen LogP contribution in [-0.4, -0.2) is 4.98 Å². The van der Waals surface area contributed by atoms with Gasteiger partial charge in [-0.2, -0.15) is 0 Å². The molecule has 3 rings (SSSR count). The highest BCUT2D eigenvalue weighted by atomic mass is 16.5. The minimum atomic E-state index is -0.0798. The first-order valence-corrected chi connectivity index (χ1v) is 7.46. The summed E-state index contributed by atoms with van der Waals surface area (Å²) in [5.41, 5.74) is 4.51. The molecule has 0 spiro atoms. The number of nitrogens with zero attached hydrogens (tertiary/aromatic N) is 1. The van der Waals surface area contributed by atoms with Gasteiger partial charge in [0.1, 0.15) is 6.10 Å². The molecule has 3 aromatic rings. The van der Waals surface area contributed by atoms with Gasteiger partial charge in [0, 0.05) is 6.20 Å². The Balaban J connectivity index is 1.85. The van der Waals surface area contributed by atoms with Gasteiger partial charge in [0.2, 0.25) is 0 Å². The van der Waals surface area contributed by atoms with Gasteiger partial charge in [0.25, 0.3) is 0 Å². The van der Waals surface area contributed by atoms with Gasteiger partial charge in [0.15, 0.2) is 0 Å². The molecule has 0 radical (unpaired) electrons. The summed E-state index contributed by atoms with van der Waals surface area (Å²) in [5.74, 6) is 0. The fourth-order valence-corrected chi connectivity index (χ4v) is 2.41. The summed E-state index contributed by atoms with van der Waals surface area (Å²) in [6.45, 7) is 2.59. The molecule has 0 amide bonds. The number of pyridine rings is 1. The molecule has 0 N–H and O–H groups in total. The van der Waals surface area contributed by atoms with E-state index in [-0.39, 0.29) is 6.10 Å². The van der Waals surface area contributed by atoms with Gasteiger partial charge in [-0.05, 0) is 30.2 Å². The van der Waals surface area contributed by atoms with Gasteiger partial charge in [0.05, 0.1) is 12.3 Å². The number of hydrogen-bond acceptors (Lipinski definition) is 2. The van der Waals surface area contributed by atoms with E-state index >= 15 is 0 Å². The quantitative estimate of drug-likeness (QED) is 0.679. The Hall–Kier alpha value is -2.45. The average Bonchev–Trinajstić information content (AvgIpc) is 2.58. The number of aromatic nitrogens is 1. The summed E-state index contributed by atoms with van der Waals surface area (Å²) >= 11 is 0. The van der Waals surface area contributed by atoms with Gasteiger partial charge in [-0.25, -0.2) is 0 Å². The van der Waals surface area contributed by atoms with E-state index in [4.69, 9.17) is 4.74 Å². The van der Waals surface area contributed by atoms with Crippen molar-refractivity contribution in [3.8, 4) is 0 Å². The van der Waals surface area contributed by atoms with Crippen LogP contribution in [0.1, 0.15) is 28.5 Å². The zero-order chi connectivity index (χ0) is 15.2. The maximum absolute atomic E-state index is 6.18. The predicted octanol–water partition coefficient (Wildman–Crippen LogP) is 4.70. The normalized spacial score (nSPS) is 12.0. The zero-order valence-corrected chi connectivity index (χ0v) is 12.6. The van der Waals surface area contributed by atoms with Crippen molar-refractivity contribution < 1.29 is 4.74 Å². The van der Waals surface area contributed by atoms with Crippen LogP contribution in [0, 0.1) is 6.92 Å². The summed E-state index contributed by atoms with van der Waals surface area (Å²) < 4.78 is 6.18. The Morgan fingerprint density at radius 2 is 1.50 bits per heavy atom. The van der Waals surface area contributed by atoms with E-state index in [2.05, 4.69) is 48.3 Å². The van der Waals surface area contributed by atoms with Crippen LogP contribution in [0.25, 0.3) is 0 Å². The number of rotatable bonds is 5. The first kappa shape index (κ1) is 14.5. The van der Waals surface area contributed by atoms with Crippen molar-refractivity contribution in [3.05, 3.63) is 101 Å². The van der Waals surface area contributed by atoms with Crippen molar-refractivity contribution in [2.24, 2.45) is 0 Å². The first-order valence-electron chi connectivity index (χ1n) is 7.46. The Labute approximate surface area is 131 Å². The van der Waals surface area contributed by atoms with E-state index in [1.807, 2.05) is 36.4 Å². The van der Waals surface area contributed by atoms with Gasteiger partial charge >= 0.3 is 0 Å². The summed E-state index contributed by atoms with van der Waals surface area (Å²) in [5, 5.41) is 0. The molecule has 1 unspecified atom stereocenters. The lowest BCUT2D eigenvalue weighted by Crippen LogP contribution is -2.07. The zero-order valence-electron chi connectivity index (χ0n) is 12.6. The average molecular weight is 289 g/mol. The molecule has 110 valence electrons. The molecule has 2 nitrogen and oxygen atoms in total. The fourth-order valence-electron chi connectivity index (χ4n) is 2.41. The minimum Gasteiger partial charge on any atom is -0.362 e. The van der Waals surface area contributed by atoms with E-state index in [9.17, 15) is 0 Å². The highest BCUT2D eigenvalue weighted by Crippen LogP contribution is 2.27. The maximum atomic E-state index is 6.18. The van der Waals surface area contributed by atoms with Crippen LogP contribution in [0.2, 0.25) is 0 Å². The SMILES string of the molecule is Cc1ccc(C(OCc2ccccn2)c2ccccc2)cc1. The second-order valence-corrected chi connectivity index (χ2v) is 5.33. The molecule has 2 heteroatoms. The van der Waals surface area contributed by atoms with Crippen molar-refractivity contribution in [3.63, 3.8) is 0 Å². The van der Waals surface area contributed by atoms with Crippen molar-refractivity contribution in [1.82, 2.24) is 4.98 Å². The maximum Gasteiger partial charge on any atom is 0.108 e. The molecule has 1 aromatic heterocycles. The summed E-state index contributed by atoms with van der Waals surface area (Å²) in [6.07, 6.45) is 1.71. The van der Waals surface area contributed by atoms with Crippen LogP contribution >= 0.6 is 0 Å². The van der Waals surface area contributed by atoms with Crippen molar-refractivity contribution in [1.29, 1.82) is 0 Å². The third kappa shape index (κ3) is 3.60. The van der Waals surface area contributed by atoms with Crippen LogP contribution in [0.4, 0.5) is 0 Å². The third-order valence-electron chi connectivity index (χ3n) is 3.61. The standard InChI is InChI=1S/C20H19NO/c1-16-10-12-18(13-11-16)20(17-7-3-2-4-8-17)22-15-19-9-5-6-14-21-19/h2-14,20H,15H2,1H3. The Morgan fingerprint density at radius 3 is 2.18 bits per heavy atom.